The van der Waals surface area contributed by atoms with E-state index in [1.807, 2.05) is 6.92 Å². The van der Waals surface area contributed by atoms with E-state index in [1.165, 1.54) is 4.57 Å². The molecule has 0 aliphatic rings. The molecule has 0 spiro atoms. The second-order valence-electron chi connectivity index (χ2n) is 3.44. The van der Waals surface area contributed by atoms with Gasteiger partial charge >= 0.3 is 11.4 Å². The van der Waals surface area contributed by atoms with Gasteiger partial charge in [-0.1, -0.05) is 24.6 Å². The number of nitrogens with zero attached hydrogens (tertiary/aromatic N) is 1. The summed E-state index contributed by atoms with van der Waals surface area (Å²) in [7, 11) is 0. The Hall–Kier alpha value is -1.55. The first-order chi connectivity index (χ1) is 7.65. The molecule has 0 bridgehead atoms. The quantitative estimate of drug-likeness (QED) is 0.806. The minimum absolute atomic E-state index is 0.334. The van der Waals surface area contributed by atoms with Crippen molar-refractivity contribution in [3.05, 3.63) is 44.2 Å². The first kappa shape index (κ1) is 11.0. The van der Waals surface area contributed by atoms with Gasteiger partial charge in [0.15, 0.2) is 0 Å². The molecule has 0 fully saturated rings. The van der Waals surface area contributed by atoms with E-state index in [2.05, 4.69) is 4.42 Å². The highest BCUT2D eigenvalue weighted by molar-refractivity contribution is 6.35. The molecule has 0 saturated heterocycles. The molecule has 5 heteroatoms. The van der Waals surface area contributed by atoms with Crippen LogP contribution in [0.3, 0.4) is 0 Å². The molecular formula is C11H10ClNO3. The van der Waals surface area contributed by atoms with Gasteiger partial charge in [-0.25, -0.2) is 9.59 Å². The molecule has 0 aliphatic carbocycles. The maximum absolute atomic E-state index is 11.5. The normalized spacial score (nSPS) is 10.9. The SMILES string of the molecule is CCCn1c(=O)oc(=O)c2cccc(Cl)c21. The van der Waals surface area contributed by atoms with Crippen LogP contribution in [-0.4, -0.2) is 4.57 Å². The molecule has 1 heterocycles. The standard InChI is InChI=1S/C11H10ClNO3/c1-2-6-13-9-7(4-3-5-8(9)12)10(14)16-11(13)15/h3-5H,2,6H2,1H3. The summed E-state index contributed by atoms with van der Waals surface area (Å²) in [6, 6.07) is 4.90. The molecule has 1 aromatic carbocycles. The smallest absolute Gasteiger partial charge is 0.372 e. The molecule has 2 aromatic rings. The monoisotopic (exact) mass is 239 g/mol. The van der Waals surface area contributed by atoms with Gasteiger partial charge in [-0.2, -0.15) is 0 Å². The van der Waals surface area contributed by atoms with Gasteiger partial charge < -0.3 is 4.42 Å². The second kappa shape index (κ2) is 4.14. The summed E-state index contributed by atoms with van der Waals surface area (Å²) in [5.74, 6) is -0.660. The Morgan fingerprint density at radius 2 is 2.12 bits per heavy atom. The van der Waals surface area contributed by atoms with E-state index in [9.17, 15) is 9.59 Å². The van der Waals surface area contributed by atoms with Crippen molar-refractivity contribution in [2.24, 2.45) is 0 Å². The summed E-state index contributed by atoms with van der Waals surface area (Å²) in [4.78, 5) is 23.0. The zero-order valence-corrected chi connectivity index (χ0v) is 9.45. The number of aryl methyl sites for hydroxylation is 1. The molecule has 1 aromatic heterocycles. The van der Waals surface area contributed by atoms with E-state index < -0.39 is 11.4 Å². The lowest BCUT2D eigenvalue weighted by atomic mass is 10.2. The molecule has 0 amide bonds. The van der Waals surface area contributed by atoms with Crippen molar-refractivity contribution in [1.29, 1.82) is 0 Å². The first-order valence-electron chi connectivity index (χ1n) is 4.97. The fourth-order valence-corrected chi connectivity index (χ4v) is 1.94. The number of para-hydroxylation sites is 1. The van der Waals surface area contributed by atoms with Crippen LogP contribution in [0.25, 0.3) is 10.9 Å². The van der Waals surface area contributed by atoms with Crippen molar-refractivity contribution >= 4 is 22.5 Å². The molecule has 16 heavy (non-hydrogen) atoms. The van der Waals surface area contributed by atoms with Crippen LogP contribution in [0.15, 0.2) is 32.2 Å². The molecule has 0 saturated carbocycles. The first-order valence-corrected chi connectivity index (χ1v) is 5.35. The number of halogens is 1. The molecule has 4 nitrogen and oxygen atoms in total. The van der Waals surface area contributed by atoms with E-state index >= 15 is 0 Å². The molecule has 0 unspecified atom stereocenters. The molecule has 2 rings (SSSR count). The lowest BCUT2D eigenvalue weighted by Gasteiger charge is -2.07. The van der Waals surface area contributed by atoms with Crippen molar-refractivity contribution in [3.8, 4) is 0 Å². The third-order valence-electron chi connectivity index (χ3n) is 2.32. The summed E-state index contributed by atoms with van der Waals surface area (Å²) in [6.07, 6.45) is 0.758. The Bertz CT molecular complexity index is 642. The van der Waals surface area contributed by atoms with Crippen molar-refractivity contribution < 1.29 is 4.42 Å². The van der Waals surface area contributed by atoms with Gasteiger partial charge in [-0.15, -0.1) is 0 Å². The van der Waals surface area contributed by atoms with Crippen LogP contribution in [0.4, 0.5) is 0 Å². The lowest BCUT2D eigenvalue weighted by molar-refractivity contribution is 0.415. The van der Waals surface area contributed by atoms with E-state index in [0.29, 0.717) is 22.5 Å². The minimum atomic E-state index is -0.660. The Morgan fingerprint density at radius 3 is 2.81 bits per heavy atom. The topological polar surface area (TPSA) is 52.2 Å². The summed E-state index contributed by atoms with van der Waals surface area (Å²) in [6.45, 7) is 2.41. The highest BCUT2D eigenvalue weighted by atomic mass is 35.5. The highest BCUT2D eigenvalue weighted by Gasteiger charge is 2.11. The number of aromatic nitrogens is 1. The highest BCUT2D eigenvalue weighted by Crippen LogP contribution is 2.19. The van der Waals surface area contributed by atoms with Crippen molar-refractivity contribution in [1.82, 2.24) is 4.57 Å². The molecule has 0 atom stereocenters. The van der Waals surface area contributed by atoms with E-state index in [0.717, 1.165) is 6.42 Å². The predicted octanol–water partition coefficient (Wildman–Crippen LogP) is 2.02. The zero-order chi connectivity index (χ0) is 11.7. The fraction of sp³-hybridized carbons (Fsp3) is 0.273. The van der Waals surface area contributed by atoms with Gasteiger partial charge in [0.2, 0.25) is 0 Å². The van der Waals surface area contributed by atoms with Crippen LogP contribution in [-0.2, 0) is 6.54 Å². The van der Waals surface area contributed by atoms with Gasteiger partial charge in [0, 0.05) is 6.54 Å². The van der Waals surface area contributed by atoms with Gasteiger partial charge in [0.25, 0.3) is 0 Å². The van der Waals surface area contributed by atoms with Gasteiger partial charge in [-0.05, 0) is 18.6 Å². The van der Waals surface area contributed by atoms with Crippen LogP contribution >= 0.6 is 11.6 Å². The molecule has 0 N–H and O–H groups in total. The van der Waals surface area contributed by atoms with Gasteiger partial charge in [0.1, 0.15) is 0 Å². The van der Waals surface area contributed by atoms with Crippen LogP contribution in [0.1, 0.15) is 13.3 Å². The molecule has 84 valence electrons. The summed E-state index contributed by atoms with van der Waals surface area (Å²) < 4.78 is 6.01. The summed E-state index contributed by atoms with van der Waals surface area (Å²) in [5.41, 5.74) is -0.192. The number of rotatable bonds is 2. The van der Waals surface area contributed by atoms with Crippen molar-refractivity contribution in [3.63, 3.8) is 0 Å². The maximum atomic E-state index is 11.5. The largest absolute Gasteiger partial charge is 0.422 e. The number of hydrogen-bond donors (Lipinski definition) is 0. The van der Waals surface area contributed by atoms with Crippen LogP contribution in [0.2, 0.25) is 5.02 Å². The second-order valence-corrected chi connectivity index (χ2v) is 3.85. The van der Waals surface area contributed by atoms with Crippen LogP contribution < -0.4 is 11.4 Å². The predicted molar refractivity (Wildman–Crippen MR) is 62.0 cm³/mol. The van der Waals surface area contributed by atoms with Crippen LogP contribution in [0, 0.1) is 0 Å². The summed E-state index contributed by atoms with van der Waals surface area (Å²) >= 11 is 6.00. The lowest BCUT2D eigenvalue weighted by Crippen LogP contribution is -2.25. The van der Waals surface area contributed by atoms with E-state index in [1.54, 1.807) is 18.2 Å². The van der Waals surface area contributed by atoms with Crippen LogP contribution in [0.5, 0.6) is 0 Å². The number of benzene rings is 1. The third kappa shape index (κ3) is 1.65. The summed E-state index contributed by atoms with van der Waals surface area (Å²) in [5, 5.41) is 0.719. The van der Waals surface area contributed by atoms with E-state index in [4.69, 9.17) is 11.6 Å². The fourth-order valence-electron chi connectivity index (χ4n) is 1.66. The maximum Gasteiger partial charge on any atom is 0.422 e. The Balaban J connectivity index is 2.98. The molecule has 0 radical (unpaired) electrons. The average Bonchev–Trinajstić information content (AvgIpc) is 2.24. The van der Waals surface area contributed by atoms with E-state index in [-0.39, 0.29) is 0 Å². The van der Waals surface area contributed by atoms with Crippen molar-refractivity contribution in [2.45, 2.75) is 19.9 Å². The minimum Gasteiger partial charge on any atom is -0.372 e. The van der Waals surface area contributed by atoms with Gasteiger partial charge in [0.05, 0.1) is 15.9 Å². The Kier molecular flexibility index (Phi) is 2.83. The van der Waals surface area contributed by atoms with Gasteiger partial charge in [-0.3, -0.25) is 4.57 Å². The molecular weight excluding hydrogens is 230 g/mol. The number of fused-ring (bicyclic) bond motifs is 1. The average molecular weight is 240 g/mol. The number of hydrogen-bond acceptors (Lipinski definition) is 3. The zero-order valence-electron chi connectivity index (χ0n) is 8.70. The molecule has 0 aliphatic heterocycles. The van der Waals surface area contributed by atoms with Crippen molar-refractivity contribution in [2.75, 3.05) is 0 Å². The Morgan fingerprint density at radius 1 is 1.38 bits per heavy atom. The third-order valence-corrected chi connectivity index (χ3v) is 2.63. The Labute approximate surface area is 96.1 Å².